The Labute approximate surface area is 195 Å². The van der Waals surface area contributed by atoms with Crippen LogP contribution in [0.5, 0.6) is 5.75 Å². The second-order valence-electron chi connectivity index (χ2n) is 9.04. The zero-order valence-electron chi connectivity index (χ0n) is 19.2. The predicted octanol–water partition coefficient (Wildman–Crippen LogP) is 5.12. The monoisotopic (exact) mass is 456 g/mol. The quantitative estimate of drug-likeness (QED) is 0.375. The molecule has 0 spiro atoms. The molecule has 2 saturated carbocycles. The number of aryl methyl sites for hydroxylation is 2. The average molecular weight is 457 g/mol. The van der Waals surface area contributed by atoms with Gasteiger partial charge in [-0.1, -0.05) is 36.7 Å². The lowest BCUT2D eigenvalue weighted by Crippen LogP contribution is -2.25. The van der Waals surface area contributed by atoms with E-state index in [2.05, 4.69) is 38.5 Å². The van der Waals surface area contributed by atoms with Gasteiger partial charge in [-0.15, -0.1) is 10.2 Å². The number of benzene rings is 1. The van der Waals surface area contributed by atoms with Gasteiger partial charge in [-0.05, 0) is 75.3 Å². The topological polar surface area (TPSA) is 69.0 Å². The Hall–Kier alpha value is -2.02. The third kappa shape index (κ3) is 6.27. The summed E-state index contributed by atoms with van der Waals surface area (Å²) >= 11 is 1.67. The maximum absolute atomic E-state index is 12.3. The number of ether oxygens (including phenoxy) is 1. The highest BCUT2D eigenvalue weighted by Crippen LogP contribution is 2.33. The summed E-state index contributed by atoms with van der Waals surface area (Å²) in [6.07, 6.45) is 15.3. The highest BCUT2D eigenvalue weighted by molar-refractivity contribution is 7.98. The summed E-state index contributed by atoms with van der Waals surface area (Å²) in [7, 11) is 0. The Kier molecular flexibility index (Phi) is 8.49. The van der Waals surface area contributed by atoms with Crippen molar-refractivity contribution in [1.29, 1.82) is 0 Å². The van der Waals surface area contributed by atoms with E-state index in [-0.39, 0.29) is 5.91 Å². The van der Waals surface area contributed by atoms with Gasteiger partial charge in [0.05, 0.1) is 6.10 Å². The van der Waals surface area contributed by atoms with Gasteiger partial charge in [-0.2, -0.15) is 0 Å². The molecule has 1 N–H and O–H groups in total. The van der Waals surface area contributed by atoms with Crippen LogP contribution >= 0.6 is 11.8 Å². The SMILES string of the molecule is CSc1nnc(CCCNC(=O)CCc2cccc(OC3CCCC3)c2)n1C1CCCC1. The number of thioether (sulfide) groups is 1. The van der Waals surface area contributed by atoms with Crippen molar-refractivity contribution in [2.75, 3.05) is 12.8 Å². The first-order valence-electron chi connectivity index (χ1n) is 12.2. The van der Waals surface area contributed by atoms with Gasteiger partial charge in [0.25, 0.3) is 0 Å². The third-order valence-electron chi connectivity index (χ3n) is 6.65. The van der Waals surface area contributed by atoms with Crippen molar-refractivity contribution >= 4 is 17.7 Å². The molecule has 7 heteroatoms. The van der Waals surface area contributed by atoms with Crippen LogP contribution in [0.2, 0.25) is 0 Å². The molecule has 2 aliphatic rings. The smallest absolute Gasteiger partial charge is 0.220 e. The summed E-state index contributed by atoms with van der Waals surface area (Å²) in [6, 6.07) is 8.76. The number of nitrogens with one attached hydrogen (secondary N) is 1. The minimum Gasteiger partial charge on any atom is -0.490 e. The lowest BCUT2D eigenvalue weighted by Gasteiger charge is -2.16. The molecule has 0 radical (unpaired) electrons. The van der Waals surface area contributed by atoms with Gasteiger partial charge in [0.1, 0.15) is 11.6 Å². The summed E-state index contributed by atoms with van der Waals surface area (Å²) in [4.78, 5) is 12.3. The summed E-state index contributed by atoms with van der Waals surface area (Å²) in [5.74, 6) is 2.11. The molecule has 0 saturated heterocycles. The van der Waals surface area contributed by atoms with E-state index in [4.69, 9.17) is 4.74 Å². The summed E-state index contributed by atoms with van der Waals surface area (Å²) in [5, 5.41) is 12.9. The number of rotatable bonds is 11. The minimum absolute atomic E-state index is 0.106. The number of carbonyl (C=O) groups excluding carboxylic acids is 1. The zero-order chi connectivity index (χ0) is 22.2. The highest BCUT2D eigenvalue weighted by atomic mass is 32.2. The Morgan fingerprint density at radius 3 is 2.69 bits per heavy atom. The van der Waals surface area contributed by atoms with Gasteiger partial charge in [-0.25, -0.2) is 0 Å². The lowest BCUT2D eigenvalue weighted by atomic mass is 10.1. The molecule has 32 heavy (non-hydrogen) atoms. The fraction of sp³-hybridized carbons (Fsp3) is 0.640. The van der Waals surface area contributed by atoms with Crippen LogP contribution in [0.1, 0.15) is 81.6 Å². The van der Waals surface area contributed by atoms with Crippen LogP contribution in [0.15, 0.2) is 29.4 Å². The van der Waals surface area contributed by atoms with Crippen molar-refractivity contribution in [2.45, 2.75) is 94.4 Å². The fourth-order valence-electron chi connectivity index (χ4n) is 4.94. The van der Waals surface area contributed by atoms with Crippen LogP contribution in [0, 0.1) is 0 Å². The minimum atomic E-state index is 0.106. The molecule has 1 aromatic carbocycles. The molecule has 4 rings (SSSR count). The molecule has 1 amide bonds. The van der Waals surface area contributed by atoms with Crippen molar-refractivity contribution in [3.8, 4) is 5.75 Å². The number of carbonyl (C=O) groups is 1. The first-order valence-corrected chi connectivity index (χ1v) is 13.5. The van der Waals surface area contributed by atoms with Crippen molar-refractivity contribution in [1.82, 2.24) is 20.1 Å². The molecular weight excluding hydrogens is 420 g/mol. The Morgan fingerprint density at radius 1 is 1.12 bits per heavy atom. The Morgan fingerprint density at radius 2 is 1.91 bits per heavy atom. The van der Waals surface area contributed by atoms with Crippen molar-refractivity contribution < 1.29 is 9.53 Å². The van der Waals surface area contributed by atoms with Crippen molar-refractivity contribution in [3.63, 3.8) is 0 Å². The van der Waals surface area contributed by atoms with Crippen LogP contribution in [0.4, 0.5) is 0 Å². The van der Waals surface area contributed by atoms with Crippen molar-refractivity contribution in [2.24, 2.45) is 0 Å². The van der Waals surface area contributed by atoms with E-state index in [9.17, 15) is 4.79 Å². The number of aromatic nitrogens is 3. The number of hydrogen-bond acceptors (Lipinski definition) is 5. The molecule has 0 aliphatic heterocycles. The molecular formula is C25H36N4O2S. The summed E-state index contributed by atoms with van der Waals surface area (Å²) < 4.78 is 8.43. The molecule has 0 bridgehead atoms. The van der Waals surface area contributed by atoms with Crippen LogP contribution in [-0.4, -0.2) is 39.6 Å². The average Bonchev–Trinajstić information content (AvgIpc) is 3.57. The molecule has 2 aliphatic carbocycles. The van der Waals surface area contributed by atoms with Crippen LogP contribution in [0.25, 0.3) is 0 Å². The van der Waals surface area contributed by atoms with Gasteiger partial charge in [0.2, 0.25) is 5.91 Å². The van der Waals surface area contributed by atoms with E-state index in [1.807, 2.05) is 12.1 Å². The van der Waals surface area contributed by atoms with Crippen LogP contribution < -0.4 is 10.1 Å². The lowest BCUT2D eigenvalue weighted by molar-refractivity contribution is -0.121. The normalized spacial score (nSPS) is 17.2. The largest absolute Gasteiger partial charge is 0.490 e. The van der Waals surface area contributed by atoms with Gasteiger partial charge in [-0.3, -0.25) is 4.79 Å². The molecule has 1 aromatic heterocycles. The molecule has 2 fully saturated rings. The zero-order valence-corrected chi connectivity index (χ0v) is 20.0. The van der Waals surface area contributed by atoms with Crippen molar-refractivity contribution in [3.05, 3.63) is 35.7 Å². The van der Waals surface area contributed by atoms with Gasteiger partial charge in [0.15, 0.2) is 5.16 Å². The first-order chi connectivity index (χ1) is 15.7. The Bertz CT molecular complexity index is 873. The van der Waals surface area contributed by atoms with Crippen LogP contribution in [-0.2, 0) is 17.6 Å². The number of hydrogen-bond donors (Lipinski definition) is 1. The molecule has 6 nitrogen and oxygen atoms in total. The maximum atomic E-state index is 12.3. The van der Waals surface area contributed by atoms with E-state index in [0.717, 1.165) is 54.4 Å². The van der Waals surface area contributed by atoms with E-state index in [1.54, 1.807) is 11.8 Å². The van der Waals surface area contributed by atoms with E-state index >= 15 is 0 Å². The Balaban J connectivity index is 1.18. The second-order valence-corrected chi connectivity index (χ2v) is 9.81. The number of nitrogens with zero attached hydrogens (tertiary/aromatic N) is 3. The molecule has 0 atom stereocenters. The first kappa shape index (κ1) is 23.1. The molecule has 1 heterocycles. The standard InChI is InChI=1S/C25H36N4O2S/c1-32-25-28-27-23(29(25)20-9-2-3-10-20)14-7-17-26-24(30)16-15-19-8-6-13-22(18-19)31-21-11-4-5-12-21/h6,8,13,18,20-21H,2-5,7,9-12,14-17H2,1H3,(H,26,30). The van der Waals surface area contributed by atoms with E-state index < -0.39 is 0 Å². The third-order valence-corrected chi connectivity index (χ3v) is 7.29. The highest BCUT2D eigenvalue weighted by Gasteiger charge is 2.23. The van der Waals surface area contributed by atoms with Gasteiger partial charge in [0, 0.05) is 25.4 Å². The molecule has 174 valence electrons. The van der Waals surface area contributed by atoms with E-state index in [1.165, 1.54) is 38.5 Å². The van der Waals surface area contributed by atoms with Gasteiger partial charge >= 0.3 is 0 Å². The predicted molar refractivity (Wildman–Crippen MR) is 128 cm³/mol. The second kappa shape index (κ2) is 11.7. The van der Waals surface area contributed by atoms with Gasteiger partial charge < -0.3 is 14.6 Å². The fourth-order valence-corrected chi connectivity index (χ4v) is 5.51. The van der Waals surface area contributed by atoms with Crippen LogP contribution in [0.3, 0.4) is 0 Å². The molecule has 0 unspecified atom stereocenters. The summed E-state index contributed by atoms with van der Waals surface area (Å²) in [5.41, 5.74) is 1.16. The number of amides is 1. The summed E-state index contributed by atoms with van der Waals surface area (Å²) in [6.45, 7) is 0.676. The molecule has 2 aromatic rings. The maximum Gasteiger partial charge on any atom is 0.220 e. The van der Waals surface area contributed by atoms with E-state index in [0.29, 0.717) is 25.1 Å².